The third-order valence-corrected chi connectivity index (χ3v) is 4.76. The molecule has 1 atom stereocenters. The van der Waals surface area contributed by atoms with Gasteiger partial charge in [-0.25, -0.2) is 4.79 Å². The number of ether oxygens (including phenoxy) is 2. The van der Waals surface area contributed by atoms with E-state index in [-0.39, 0.29) is 5.54 Å². The summed E-state index contributed by atoms with van der Waals surface area (Å²) in [6.07, 6.45) is 3.23. The second-order valence-corrected chi connectivity index (χ2v) is 7.65. The summed E-state index contributed by atoms with van der Waals surface area (Å²) >= 11 is 1.62. The Bertz CT molecular complexity index is 673. The van der Waals surface area contributed by atoms with Crippen LogP contribution in [-0.2, 0) is 11.2 Å². The van der Waals surface area contributed by atoms with E-state index in [1.54, 1.807) is 26.0 Å². The van der Waals surface area contributed by atoms with Gasteiger partial charge in [0, 0.05) is 11.1 Å². The molecular formula is C18H26N2O4S. The van der Waals surface area contributed by atoms with E-state index in [4.69, 9.17) is 9.47 Å². The number of methoxy groups -OCH3 is 2. The topological polar surface area (TPSA) is 80.2 Å². The highest BCUT2D eigenvalue weighted by Gasteiger charge is 2.31. The minimum atomic E-state index is -0.909. The number of hydrogen-bond donors (Lipinski definition) is 2. The third kappa shape index (κ3) is 4.60. The van der Waals surface area contributed by atoms with E-state index in [0.717, 1.165) is 23.3 Å². The predicted octanol–water partition coefficient (Wildman–Crippen LogP) is 2.58. The molecule has 6 nitrogen and oxygen atoms in total. The molecule has 1 aliphatic rings. The molecule has 25 heavy (non-hydrogen) atoms. The molecule has 0 aliphatic carbocycles. The Morgan fingerprint density at radius 1 is 1.36 bits per heavy atom. The lowest BCUT2D eigenvalue weighted by atomic mass is 9.86. The van der Waals surface area contributed by atoms with E-state index in [2.05, 4.69) is 24.2 Å². The molecule has 0 saturated carbocycles. The lowest BCUT2D eigenvalue weighted by molar-refractivity contribution is -0.138. The van der Waals surface area contributed by atoms with Crippen molar-refractivity contribution in [1.82, 2.24) is 5.32 Å². The van der Waals surface area contributed by atoms with Crippen LogP contribution in [-0.4, -0.2) is 54.7 Å². The van der Waals surface area contributed by atoms with Crippen LogP contribution in [0.3, 0.4) is 0 Å². The van der Waals surface area contributed by atoms with Gasteiger partial charge in [0.05, 0.1) is 14.2 Å². The Morgan fingerprint density at radius 3 is 2.56 bits per heavy atom. The first-order valence-electron chi connectivity index (χ1n) is 8.14. The molecule has 1 aliphatic heterocycles. The Balaban J connectivity index is 2.52. The summed E-state index contributed by atoms with van der Waals surface area (Å²) in [5.41, 5.74) is 1.70. The first kappa shape index (κ1) is 19.4. The number of hydrogen-bond acceptors (Lipinski definition) is 5. The Kier molecular flexibility index (Phi) is 6.21. The fraction of sp³-hybridized carbons (Fsp3) is 0.556. The minimum Gasteiger partial charge on any atom is -0.493 e. The summed E-state index contributed by atoms with van der Waals surface area (Å²) in [5.74, 6) is 1.70. The summed E-state index contributed by atoms with van der Waals surface area (Å²) in [6, 6.07) is 3.04. The second-order valence-electron chi connectivity index (χ2n) is 6.66. The van der Waals surface area contributed by atoms with Gasteiger partial charge in [0.1, 0.15) is 5.84 Å². The molecule has 1 heterocycles. The maximum absolute atomic E-state index is 11.6. The molecule has 0 spiro atoms. The molecule has 0 fully saturated rings. The van der Waals surface area contributed by atoms with Crippen LogP contribution >= 0.6 is 11.8 Å². The highest BCUT2D eigenvalue weighted by atomic mass is 32.2. The van der Waals surface area contributed by atoms with Crippen molar-refractivity contribution in [2.45, 2.75) is 38.3 Å². The number of thioether (sulfide) groups is 1. The number of aliphatic carboxylic acids is 1. The number of rotatable bonds is 7. The molecule has 1 unspecified atom stereocenters. The number of amidine groups is 1. The molecule has 0 aromatic heterocycles. The van der Waals surface area contributed by atoms with E-state index < -0.39 is 12.0 Å². The van der Waals surface area contributed by atoms with Crippen molar-refractivity contribution in [3.8, 4) is 11.5 Å². The Labute approximate surface area is 153 Å². The third-order valence-electron chi connectivity index (χ3n) is 4.12. The van der Waals surface area contributed by atoms with Gasteiger partial charge in [0.2, 0.25) is 0 Å². The number of carboxylic acid groups (broad SMARTS) is 1. The number of benzene rings is 1. The van der Waals surface area contributed by atoms with Crippen molar-refractivity contribution in [3.05, 3.63) is 23.3 Å². The van der Waals surface area contributed by atoms with Crippen molar-refractivity contribution in [2.75, 3.05) is 26.2 Å². The molecule has 2 N–H and O–H groups in total. The van der Waals surface area contributed by atoms with E-state index >= 15 is 0 Å². The van der Waals surface area contributed by atoms with E-state index in [1.165, 1.54) is 0 Å². The maximum atomic E-state index is 11.6. The zero-order valence-corrected chi connectivity index (χ0v) is 16.2. The van der Waals surface area contributed by atoms with Gasteiger partial charge in [0.15, 0.2) is 17.5 Å². The quantitative estimate of drug-likeness (QED) is 0.772. The lowest BCUT2D eigenvalue weighted by Crippen LogP contribution is -2.50. The fourth-order valence-corrected chi connectivity index (χ4v) is 3.39. The number of fused-ring (bicyclic) bond motifs is 1. The SMILES string of the molecule is COc1cc2c(cc1OC)C(=NC(CCSC)C(=O)O)NC(C)(C)C2. The summed E-state index contributed by atoms with van der Waals surface area (Å²) in [4.78, 5) is 16.1. The van der Waals surface area contributed by atoms with Gasteiger partial charge >= 0.3 is 5.97 Å². The van der Waals surface area contributed by atoms with Gasteiger partial charge in [0.25, 0.3) is 0 Å². The van der Waals surface area contributed by atoms with Crippen molar-refractivity contribution >= 4 is 23.6 Å². The number of aliphatic imine (C=N–C) groups is 1. The Hall–Kier alpha value is -1.89. The maximum Gasteiger partial charge on any atom is 0.328 e. The number of carboxylic acids is 1. The molecule has 0 bridgehead atoms. The van der Waals surface area contributed by atoms with Crippen LogP contribution in [0.4, 0.5) is 0 Å². The lowest BCUT2D eigenvalue weighted by Gasteiger charge is -2.35. The zero-order valence-electron chi connectivity index (χ0n) is 15.4. The molecule has 0 saturated heterocycles. The highest BCUT2D eigenvalue weighted by Crippen LogP contribution is 2.34. The van der Waals surface area contributed by atoms with Gasteiger partial charge in [-0.2, -0.15) is 11.8 Å². The molecule has 2 rings (SSSR count). The molecular weight excluding hydrogens is 340 g/mol. The van der Waals surface area contributed by atoms with Crippen molar-refractivity contribution in [3.63, 3.8) is 0 Å². The number of nitrogens with zero attached hydrogens (tertiary/aromatic N) is 1. The van der Waals surface area contributed by atoms with Crippen LogP contribution in [0, 0.1) is 0 Å². The van der Waals surface area contributed by atoms with Gasteiger partial charge in [-0.15, -0.1) is 0 Å². The molecule has 138 valence electrons. The fourth-order valence-electron chi connectivity index (χ4n) is 2.93. The van der Waals surface area contributed by atoms with Gasteiger partial charge < -0.3 is 19.9 Å². The van der Waals surface area contributed by atoms with Crippen molar-refractivity contribution < 1.29 is 19.4 Å². The highest BCUT2D eigenvalue weighted by molar-refractivity contribution is 7.98. The summed E-state index contributed by atoms with van der Waals surface area (Å²) in [7, 11) is 3.19. The molecule has 1 aromatic rings. The first-order chi connectivity index (χ1) is 11.8. The molecule has 7 heteroatoms. The Morgan fingerprint density at radius 2 is 2.00 bits per heavy atom. The molecule has 0 amide bonds. The zero-order chi connectivity index (χ0) is 18.6. The number of nitrogens with one attached hydrogen (secondary N) is 1. The normalized spacial score (nSPS) is 18.2. The summed E-state index contributed by atoms with van der Waals surface area (Å²) in [5, 5.41) is 12.9. The predicted molar refractivity (Wildman–Crippen MR) is 101 cm³/mol. The van der Waals surface area contributed by atoms with E-state index in [1.807, 2.05) is 18.4 Å². The van der Waals surface area contributed by atoms with Gasteiger partial charge in [-0.1, -0.05) is 0 Å². The van der Waals surface area contributed by atoms with Crippen LogP contribution in [0.1, 0.15) is 31.4 Å². The van der Waals surface area contributed by atoms with Gasteiger partial charge in [-0.3, -0.25) is 4.99 Å². The number of carbonyl (C=O) groups is 1. The monoisotopic (exact) mass is 366 g/mol. The van der Waals surface area contributed by atoms with Gasteiger partial charge in [-0.05, 0) is 56.4 Å². The van der Waals surface area contributed by atoms with E-state index in [9.17, 15) is 9.90 Å². The van der Waals surface area contributed by atoms with Crippen LogP contribution in [0.2, 0.25) is 0 Å². The smallest absolute Gasteiger partial charge is 0.328 e. The van der Waals surface area contributed by atoms with Crippen molar-refractivity contribution in [2.24, 2.45) is 4.99 Å². The average Bonchev–Trinajstić information content (AvgIpc) is 2.56. The molecule has 1 aromatic carbocycles. The second kappa shape index (κ2) is 7.99. The van der Waals surface area contributed by atoms with Crippen LogP contribution in [0.5, 0.6) is 11.5 Å². The van der Waals surface area contributed by atoms with E-state index in [0.29, 0.717) is 23.8 Å². The van der Waals surface area contributed by atoms with Crippen LogP contribution in [0.15, 0.2) is 17.1 Å². The minimum absolute atomic E-state index is 0.228. The molecule has 0 radical (unpaired) electrons. The van der Waals surface area contributed by atoms with Crippen LogP contribution in [0.25, 0.3) is 0 Å². The largest absolute Gasteiger partial charge is 0.493 e. The summed E-state index contributed by atoms with van der Waals surface area (Å²) < 4.78 is 10.8. The first-order valence-corrected chi connectivity index (χ1v) is 9.53. The summed E-state index contributed by atoms with van der Waals surface area (Å²) in [6.45, 7) is 4.14. The standard InChI is InChI=1S/C18H26N2O4S/c1-18(2)10-11-8-14(23-3)15(24-4)9-12(11)16(20-18)19-13(17(21)22)6-7-25-5/h8-9,13H,6-7,10H2,1-5H3,(H,19,20)(H,21,22). The average molecular weight is 366 g/mol. The van der Waals surface area contributed by atoms with Crippen LogP contribution < -0.4 is 14.8 Å². The van der Waals surface area contributed by atoms with Crippen molar-refractivity contribution in [1.29, 1.82) is 0 Å².